The van der Waals surface area contributed by atoms with Gasteiger partial charge in [-0.15, -0.1) is 0 Å². The molecule has 0 radical (unpaired) electrons. The van der Waals surface area contributed by atoms with Crippen LogP contribution in [0.4, 0.5) is 30.7 Å². The first-order valence-corrected chi connectivity index (χ1v) is 16.0. The molecule has 0 N–H and O–H groups in total. The second kappa shape index (κ2) is 18.1. The zero-order valence-corrected chi connectivity index (χ0v) is 27.0. The van der Waals surface area contributed by atoms with E-state index < -0.39 is 30.8 Å². The maximum absolute atomic E-state index is 13.1. The number of rotatable bonds is 20. The summed E-state index contributed by atoms with van der Waals surface area (Å²) in [6, 6.07) is 21.1. The van der Waals surface area contributed by atoms with Gasteiger partial charge in [-0.1, -0.05) is 56.9 Å². The quantitative estimate of drug-likeness (QED) is 0.0513. The van der Waals surface area contributed by atoms with Crippen molar-refractivity contribution in [1.82, 2.24) is 0 Å². The number of alkyl halides is 7. The standard InChI is InChI=1S/C36H41F7O5/c1-3-4-5-8-11-26(2)47-31-22-16-29(17-23-31)33(44)48-32-20-14-28(15-21-32)27-12-18-30(19-13-27)45-24-9-6-7-10-25-46-36(42,43)34(37,38)35(39,40)41/h12-23,26H,3-11,24-25H2,1-2H3/t26-/m0/s1. The Kier molecular flexibility index (Phi) is 14.6. The molecule has 264 valence electrons. The lowest BCUT2D eigenvalue weighted by molar-refractivity contribution is -0.423. The summed E-state index contributed by atoms with van der Waals surface area (Å²) < 4.78 is 109. The Hall–Kier alpha value is -3.80. The Balaban J connectivity index is 1.36. The highest BCUT2D eigenvalue weighted by Crippen LogP contribution is 2.47. The Morgan fingerprint density at radius 3 is 1.73 bits per heavy atom. The number of hydrogen-bond acceptors (Lipinski definition) is 5. The van der Waals surface area contributed by atoms with E-state index in [1.807, 2.05) is 31.2 Å². The monoisotopic (exact) mass is 686 g/mol. The molecule has 0 aliphatic heterocycles. The molecule has 0 aromatic heterocycles. The molecule has 48 heavy (non-hydrogen) atoms. The lowest BCUT2D eigenvalue weighted by atomic mass is 10.1. The summed E-state index contributed by atoms with van der Waals surface area (Å²) in [4.78, 5) is 12.6. The number of carbonyl (C=O) groups excluding carboxylic acids is 1. The molecule has 3 aromatic rings. The molecule has 1 atom stereocenters. The Morgan fingerprint density at radius 2 is 1.17 bits per heavy atom. The fourth-order valence-corrected chi connectivity index (χ4v) is 4.65. The van der Waals surface area contributed by atoms with Crippen LogP contribution in [0, 0.1) is 0 Å². The van der Waals surface area contributed by atoms with Gasteiger partial charge in [-0.2, -0.15) is 30.7 Å². The molecular weight excluding hydrogens is 645 g/mol. The van der Waals surface area contributed by atoms with Crippen LogP contribution in [0.1, 0.15) is 82.0 Å². The van der Waals surface area contributed by atoms with Crippen LogP contribution in [0.15, 0.2) is 72.8 Å². The Morgan fingerprint density at radius 1 is 0.646 bits per heavy atom. The van der Waals surface area contributed by atoms with Crippen LogP contribution in [-0.2, 0) is 4.74 Å². The van der Waals surface area contributed by atoms with Crippen molar-refractivity contribution in [3.8, 4) is 28.4 Å². The molecule has 3 rings (SSSR count). The molecule has 3 aromatic carbocycles. The molecular formula is C36H41F7O5. The second-order valence-electron chi connectivity index (χ2n) is 11.4. The normalized spacial score (nSPS) is 12.9. The van der Waals surface area contributed by atoms with Gasteiger partial charge in [0.2, 0.25) is 0 Å². The topological polar surface area (TPSA) is 54.0 Å². The van der Waals surface area contributed by atoms with Crippen LogP contribution < -0.4 is 14.2 Å². The predicted molar refractivity (Wildman–Crippen MR) is 168 cm³/mol. The summed E-state index contributed by atoms with van der Waals surface area (Å²) in [5.41, 5.74) is 2.18. The SMILES string of the molecule is CCCCCC[C@H](C)Oc1ccc(C(=O)Oc2ccc(-c3ccc(OCCCCCCOC(F)(F)C(F)(F)C(F)(F)F)cc3)cc2)cc1. The fourth-order valence-electron chi connectivity index (χ4n) is 4.65. The van der Waals surface area contributed by atoms with Gasteiger partial charge in [0.15, 0.2) is 0 Å². The summed E-state index contributed by atoms with van der Waals surface area (Å²) in [7, 11) is 0. The van der Waals surface area contributed by atoms with E-state index in [0.29, 0.717) is 35.7 Å². The number of unbranched alkanes of at least 4 members (excludes halogenated alkanes) is 6. The summed E-state index contributed by atoms with van der Waals surface area (Å²) in [6.45, 7) is 3.57. The van der Waals surface area contributed by atoms with E-state index in [1.54, 1.807) is 48.5 Å². The number of esters is 1. The molecule has 0 fully saturated rings. The number of benzene rings is 3. The van der Waals surface area contributed by atoms with Gasteiger partial charge in [-0.3, -0.25) is 0 Å². The van der Waals surface area contributed by atoms with Gasteiger partial charge in [0.1, 0.15) is 17.2 Å². The first-order chi connectivity index (χ1) is 22.7. The molecule has 0 aliphatic carbocycles. The fraction of sp³-hybridized carbons (Fsp3) is 0.472. The summed E-state index contributed by atoms with van der Waals surface area (Å²) >= 11 is 0. The molecule has 0 unspecified atom stereocenters. The van der Waals surface area contributed by atoms with Crippen molar-refractivity contribution in [2.45, 2.75) is 95.9 Å². The lowest BCUT2D eigenvalue weighted by Crippen LogP contribution is -2.53. The average Bonchev–Trinajstić information content (AvgIpc) is 3.04. The molecule has 0 bridgehead atoms. The summed E-state index contributed by atoms with van der Waals surface area (Å²) in [6.07, 6.45) is -5.10. The van der Waals surface area contributed by atoms with E-state index in [-0.39, 0.29) is 25.6 Å². The second-order valence-corrected chi connectivity index (χ2v) is 11.4. The minimum atomic E-state index is -6.41. The number of hydrogen-bond donors (Lipinski definition) is 0. The van der Waals surface area contributed by atoms with Crippen LogP contribution in [0.5, 0.6) is 17.2 Å². The first-order valence-electron chi connectivity index (χ1n) is 16.0. The molecule has 0 heterocycles. The minimum absolute atomic E-state index is 0.0937. The van der Waals surface area contributed by atoms with Crippen molar-refractivity contribution in [3.05, 3.63) is 78.4 Å². The van der Waals surface area contributed by atoms with Crippen molar-refractivity contribution < 1.29 is 54.5 Å². The molecule has 0 spiro atoms. The van der Waals surface area contributed by atoms with Gasteiger partial charge in [-0.05, 0) is 98.7 Å². The zero-order valence-electron chi connectivity index (χ0n) is 27.0. The van der Waals surface area contributed by atoms with Gasteiger partial charge in [0.05, 0.1) is 24.9 Å². The summed E-state index contributed by atoms with van der Waals surface area (Å²) in [5.74, 6) is -5.07. The zero-order chi connectivity index (χ0) is 35.2. The average molecular weight is 687 g/mol. The molecule has 0 aliphatic rings. The predicted octanol–water partition coefficient (Wildman–Crippen LogP) is 11.1. The third kappa shape index (κ3) is 11.7. The van der Waals surface area contributed by atoms with E-state index in [1.165, 1.54) is 19.3 Å². The van der Waals surface area contributed by atoms with Crippen molar-refractivity contribution in [1.29, 1.82) is 0 Å². The van der Waals surface area contributed by atoms with Crippen molar-refractivity contribution in [3.63, 3.8) is 0 Å². The number of halogens is 7. The van der Waals surface area contributed by atoms with Gasteiger partial charge >= 0.3 is 24.2 Å². The van der Waals surface area contributed by atoms with Crippen LogP contribution >= 0.6 is 0 Å². The largest absolute Gasteiger partial charge is 0.494 e. The Labute approximate surface area is 276 Å². The van der Waals surface area contributed by atoms with E-state index in [2.05, 4.69) is 11.7 Å². The smallest absolute Gasteiger partial charge is 0.462 e. The van der Waals surface area contributed by atoms with Gasteiger partial charge < -0.3 is 18.9 Å². The van der Waals surface area contributed by atoms with Crippen LogP contribution in [0.25, 0.3) is 11.1 Å². The molecule has 0 amide bonds. The van der Waals surface area contributed by atoms with Crippen molar-refractivity contribution in [2.24, 2.45) is 0 Å². The highest BCUT2D eigenvalue weighted by Gasteiger charge is 2.74. The molecule has 5 nitrogen and oxygen atoms in total. The maximum atomic E-state index is 13.1. The Bertz CT molecular complexity index is 1380. The van der Waals surface area contributed by atoms with Crippen LogP contribution in [0.2, 0.25) is 0 Å². The molecule has 0 saturated carbocycles. The summed E-state index contributed by atoms with van der Waals surface area (Å²) in [5, 5.41) is 0. The maximum Gasteiger partial charge on any atom is 0.462 e. The van der Waals surface area contributed by atoms with Crippen LogP contribution in [-0.4, -0.2) is 43.5 Å². The van der Waals surface area contributed by atoms with Crippen LogP contribution in [0.3, 0.4) is 0 Å². The number of carbonyl (C=O) groups is 1. The molecule has 12 heteroatoms. The van der Waals surface area contributed by atoms with E-state index in [4.69, 9.17) is 14.2 Å². The third-order valence-corrected chi connectivity index (χ3v) is 7.46. The number of ether oxygens (including phenoxy) is 4. The molecule has 0 saturated heterocycles. The van der Waals surface area contributed by atoms with Crippen molar-refractivity contribution in [2.75, 3.05) is 13.2 Å². The van der Waals surface area contributed by atoms with Gasteiger partial charge in [0.25, 0.3) is 0 Å². The van der Waals surface area contributed by atoms with E-state index in [9.17, 15) is 35.5 Å². The van der Waals surface area contributed by atoms with Gasteiger partial charge in [0, 0.05) is 0 Å². The van der Waals surface area contributed by atoms with Crippen molar-refractivity contribution >= 4 is 5.97 Å². The first kappa shape index (κ1) is 38.6. The third-order valence-electron chi connectivity index (χ3n) is 7.46. The highest BCUT2D eigenvalue weighted by molar-refractivity contribution is 5.91. The van der Waals surface area contributed by atoms with E-state index in [0.717, 1.165) is 24.0 Å². The minimum Gasteiger partial charge on any atom is -0.494 e. The van der Waals surface area contributed by atoms with E-state index >= 15 is 0 Å². The van der Waals surface area contributed by atoms with Gasteiger partial charge in [-0.25, -0.2) is 4.79 Å². The highest BCUT2D eigenvalue weighted by atomic mass is 19.4. The lowest BCUT2D eigenvalue weighted by Gasteiger charge is -2.27.